The average molecular weight is 914 g/mol. The summed E-state index contributed by atoms with van der Waals surface area (Å²) < 4.78 is 33.5. The molecular formula is C52H100NO9P. The fourth-order valence-corrected chi connectivity index (χ4v) is 8.42. The van der Waals surface area contributed by atoms with Crippen LogP contribution in [0, 0.1) is 0 Å². The van der Waals surface area contributed by atoms with Gasteiger partial charge in [-0.15, -0.1) is 0 Å². The van der Waals surface area contributed by atoms with Gasteiger partial charge < -0.3 is 25.2 Å². The molecule has 0 bridgehead atoms. The number of carbonyl (C=O) groups is 2. The Morgan fingerprint density at radius 1 is 0.508 bits per heavy atom. The number of aliphatic carboxylic acids is 1. The van der Waals surface area contributed by atoms with Crippen LogP contribution in [0.1, 0.15) is 258 Å². The molecule has 0 aromatic carbocycles. The van der Waals surface area contributed by atoms with Gasteiger partial charge in [0.1, 0.15) is 12.1 Å². The van der Waals surface area contributed by atoms with Crippen molar-refractivity contribution in [2.45, 2.75) is 270 Å². The van der Waals surface area contributed by atoms with Crippen LogP contribution < -0.4 is 5.73 Å². The highest BCUT2D eigenvalue weighted by molar-refractivity contribution is 7.47. The van der Waals surface area contributed by atoms with Crippen molar-refractivity contribution in [3.63, 3.8) is 0 Å². The van der Waals surface area contributed by atoms with Gasteiger partial charge in [0.2, 0.25) is 0 Å². The molecule has 4 N–H and O–H groups in total. The number of allylic oxidation sites excluding steroid dienone is 4. The van der Waals surface area contributed by atoms with Gasteiger partial charge in [0, 0.05) is 13.0 Å². The minimum Gasteiger partial charge on any atom is -0.480 e. The second-order valence-electron chi connectivity index (χ2n) is 18.0. The zero-order valence-electron chi connectivity index (χ0n) is 40.9. The zero-order chi connectivity index (χ0) is 46.2. The van der Waals surface area contributed by atoms with Gasteiger partial charge in [-0.25, -0.2) is 4.57 Å². The van der Waals surface area contributed by atoms with Crippen LogP contribution in [-0.4, -0.2) is 60.5 Å². The van der Waals surface area contributed by atoms with E-state index in [1.807, 2.05) is 0 Å². The average Bonchev–Trinajstić information content (AvgIpc) is 3.26. The monoisotopic (exact) mass is 914 g/mol. The Morgan fingerprint density at radius 2 is 0.873 bits per heavy atom. The third-order valence-electron chi connectivity index (χ3n) is 11.7. The maximum absolute atomic E-state index is 12.7. The van der Waals surface area contributed by atoms with E-state index >= 15 is 0 Å². The summed E-state index contributed by atoms with van der Waals surface area (Å²) in [7, 11) is -4.62. The van der Waals surface area contributed by atoms with E-state index < -0.39 is 45.1 Å². The Kier molecular flexibility index (Phi) is 47.2. The number of hydrogen-bond donors (Lipinski definition) is 3. The van der Waals surface area contributed by atoms with Gasteiger partial charge in [-0.2, -0.15) is 0 Å². The molecule has 10 nitrogen and oxygen atoms in total. The molecule has 0 aromatic rings. The zero-order valence-corrected chi connectivity index (χ0v) is 41.8. The largest absolute Gasteiger partial charge is 0.480 e. The number of carboxylic acid groups (broad SMARTS) is 1. The number of esters is 1. The van der Waals surface area contributed by atoms with Gasteiger partial charge in [0.15, 0.2) is 0 Å². The van der Waals surface area contributed by atoms with Gasteiger partial charge in [0.25, 0.3) is 0 Å². The molecule has 63 heavy (non-hydrogen) atoms. The van der Waals surface area contributed by atoms with Crippen molar-refractivity contribution in [3.8, 4) is 0 Å². The van der Waals surface area contributed by atoms with Crippen LogP contribution in [0.3, 0.4) is 0 Å². The Bertz CT molecular complexity index is 1100. The summed E-state index contributed by atoms with van der Waals surface area (Å²) in [5, 5.41) is 8.93. The summed E-state index contributed by atoms with van der Waals surface area (Å²) in [4.78, 5) is 33.7. The summed E-state index contributed by atoms with van der Waals surface area (Å²) in [6, 6.07) is -1.47. The molecule has 0 saturated heterocycles. The Morgan fingerprint density at radius 3 is 1.32 bits per heavy atom. The Balaban J connectivity index is 4.06. The third kappa shape index (κ3) is 48.2. The normalized spacial score (nSPS) is 13.8. The van der Waals surface area contributed by atoms with E-state index in [4.69, 9.17) is 29.4 Å². The predicted octanol–water partition coefficient (Wildman–Crippen LogP) is 15.4. The van der Waals surface area contributed by atoms with Crippen LogP contribution >= 0.6 is 7.82 Å². The molecule has 0 saturated carbocycles. The lowest BCUT2D eigenvalue weighted by molar-refractivity contribution is -0.154. The molecule has 11 heteroatoms. The first-order valence-electron chi connectivity index (χ1n) is 26.4. The fraction of sp³-hybridized carbons (Fsp3) is 0.885. The SMILES string of the molecule is CCCCC/C=C\C/C=C\CCCCCCCCCC(=O)OC(COCCCCCCCCCCCCCCCCCCCCCCCCCC)COP(=O)(O)OCC(N)C(=O)O. The molecule has 0 fully saturated rings. The lowest BCUT2D eigenvalue weighted by atomic mass is 10.0. The van der Waals surface area contributed by atoms with Gasteiger partial charge in [-0.05, 0) is 44.9 Å². The Labute approximate surface area is 387 Å². The van der Waals surface area contributed by atoms with E-state index in [-0.39, 0.29) is 13.0 Å². The van der Waals surface area contributed by atoms with Crippen LogP contribution in [0.25, 0.3) is 0 Å². The third-order valence-corrected chi connectivity index (χ3v) is 12.7. The van der Waals surface area contributed by atoms with E-state index in [9.17, 15) is 19.0 Å². The number of unbranched alkanes of at least 4 members (excludes halogenated alkanes) is 33. The second-order valence-corrected chi connectivity index (χ2v) is 19.5. The van der Waals surface area contributed by atoms with Crippen molar-refractivity contribution in [3.05, 3.63) is 24.3 Å². The molecule has 0 heterocycles. The first-order valence-corrected chi connectivity index (χ1v) is 27.9. The number of hydrogen-bond acceptors (Lipinski definition) is 8. The molecule has 0 spiro atoms. The number of ether oxygens (including phenoxy) is 2. The summed E-state index contributed by atoms with van der Waals surface area (Å²) >= 11 is 0. The first-order chi connectivity index (χ1) is 30.7. The minimum absolute atomic E-state index is 0.0185. The topological polar surface area (TPSA) is 155 Å². The molecular weight excluding hydrogens is 814 g/mol. The van der Waals surface area contributed by atoms with E-state index in [2.05, 4.69) is 38.2 Å². The van der Waals surface area contributed by atoms with E-state index in [0.717, 1.165) is 51.4 Å². The highest BCUT2D eigenvalue weighted by Crippen LogP contribution is 2.43. The van der Waals surface area contributed by atoms with Crippen LogP contribution in [0.4, 0.5) is 0 Å². The number of nitrogens with two attached hydrogens (primary N) is 1. The first kappa shape index (κ1) is 61.5. The summed E-state index contributed by atoms with van der Waals surface area (Å²) in [5.41, 5.74) is 5.38. The molecule has 0 aliphatic heterocycles. The van der Waals surface area contributed by atoms with Crippen molar-refractivity contribution in [1.29, 1.82) is 0 Å². The van der Waals surface area contributed by atoms with E-state index in [0.29, 0.717) is 13.0 Å². The van der Waals surface area contributed by atoms with E-state index in [1.165, 1.54) is 180 Å². The molecule has 0 aromatic heterocycles. The van der Waals surface area contributed by atoms with Gasteiger partial charge >= 0.3 is 19.8 Å². The van der Waals surface area contributed by atoms with Gasteiger partial charge in [-0.3, -0.25) is 18.6 Å². The highest BCUT2D eigenvalue weighted by atomic mass is 31.2. The van der Waals surface area contributed by atoms with Crippen LogP contribution in [-0.2, 0) is 32.7 Å². The van der Waals surface area contributed by atoms with Crippen molar-refractivity contribution >= 4 is 19.8 Å². The van der Waals surface area contributed by atoms with Crippen molar-refractivity contribution < 1.29 is 42.7 Å². The molecule has 0 aliphatic carbocycles. The summed E-state index contributed by atoms with van der Waals surface area (Å²) in [6.07, 6.45) is 55.3. The van der Waals surface area contributed by atoms with Crippen molar-refractivity contribution in [2.75, 3.05) is 26.4 Å². The molecule has 0 amide bonds. The number of rotatable bonds is 51. The molecule has 0 rings (SSSR count). The number of carboxylic acids is 1. The maximum Gasteiger partial charge on any atom is 0.472 e. The Hall–Kier alpha value is -1.55. The fourth-order valence-electron chi connectivity index (χ4n) is 7.64. The maximum atomic E-state index is 12.7. The molecule has 372 valence electrons. The van der Waals surface area contributed by atoms with Crippen molar-refractivity contribution in [2.24, 2.45) is 5.73 Å². The number of carbonyl (C=O) groups excluding carboxylic acids is 1. The van der Waals surface area contributed by atoms with Crippen LogP contribution in [0.5, 0.6) is 0 Å². The van der Waals surface area contributed by atoms with Gasteiger partial charge in [-0.1, -0.05) is 231 Å². The van der Waals surface area contributed by atoms with Gasteiger partial charge in [0.05, 0.1) is 19.8 Å². The molecule has 3 unspecified atom stereocenters. The molecule has 0 aliphatic rings. The second kappa shape index (κ2) is 48.4. The number of phosphoric ester groups is 1. The lowest BCUT2D eigenvalue weighted by Crippen LogP contribution is -2.34. The standard InChI is InChI=1S/C52H100NO9P/c1-3-5-7-9-11-13-15-17-19-21-22-23-24-25-26-27-29-31-33-35-37-39-41-43-45-59-46-49(47-60-63(57,58)61-48-50(53)52(55)56)62-51(54)44-42-40-38-36-34-32-30-28-20-18-16-14-12-10-8-6-4-2/h12,14,18,20,49-50H,3-11,13,15-17,19,21-48,53H2,1-2H3,(H,55,56)(H,57,58)/b14-12-,20-18-. The number of phosphoric acid groups is 1. The quantitative estimate of drug-likeness (QED) is 0.0232. The predicted molar refractivity (Wildman–Crippen MR) is 263 cm³/mol. The van der Waals surface area contributed by atoms with E-state index in [1.54, 1.807) is 0 Å². The smallest absolute Gasteiger partial charge is 0.472 e. The molecule has 3 atom stereocenters. The minimum atomic E-state index is -4.62. The summed E-state index contributed by atoms with van der Waals surface area (Å²) in [5.74, 6) is -1.78. The molecule has 0 radical (unpaired) electrons. The van der Waals surface area contributed by atoms with Crippen LogP contribution in [0.15, 0.2) is 24.3 Å². The van der Waals surface area contributed by atoms with Crippen molar-refractivity contribution in [1.82, 2.24) is 0 Å². The summed E-state index contributed by atoms with van der Waals surface area (Å²) in [6.45, 7) is 3.90. The lowest BCUT2D eigenvalue weighted by Gasteiger charge is -2.20. The van der Waals surface area contributed by atoms with Crippen LogP contribution in [0.2, 0.25) is 0 Å². The highest BCUT2D eigenvalue weighted by Gasteiger charge is 2.27.